The number of thiazole rings is 1. The zero-order valence-electron chi connectivity index (χ0n) is 16.8. The minimum absolute atomic E-state index is 0.117. The van der Waals surface area contributed by atoms with Gasteiger partial charge in [-0.1, -0.05) is 0 Å². The third-order valence-electron chi connectivity index (χ3n) is 4.39. The van der Waals surface area contributed by atoms with E-state index in [1.54, 1.807) is 31.2 Å². The fourth-order valence-electron chi connectivity index (χ4n) is 2.89. The Morgan fingerprint density at radius 3 is 2.45 bits per heavy atom. The van der Waals surface area contributed by atoms with E-state index in [2.05, 4.69) is 4.98 Å². The van der Waals surface area contributed by atoms with Crippen molar-refractivity contribution in [3.05, 3.63) is 52.8 Å². The molecule has 2 aromatic carbocycles. The summed E-state index contributed by atoms with van der Waals surface area (Å²) in [6.45, 7) is 1.75. The number of amides is 1. The fraction of sp³-hybridized carbons (Fsp3) is 0.286. The lowest BCUT2D eigenvalue weighted by atomic mass is 10.2. The molecule has 0 N–H and O–H groups in total. The molecule has 10 heteroatoms. The number of methoxy groups -OCH3 is 1. The highest BCUT2D eigenvalue weighted by Crippen LogP contribution is 2.31. The Balaban J connectivity index is 1.91. The van der Waals surface area contributed by atoms with E-state index in [0.717, 1.165) is 11.3 Å². The van der Waals surface area contributed by atoms with Crippen molar-refractivity contribution in [2.45, 2.75) is 26.3 Å². The number of rotatable bonds is 8. The summed E-state index contributed by atoms with van der Waals surface area (Å²) in [7, 11) is 1.50. The molecule has 31 heavy (non-hydrogen) atoms. The summed E-state index contributed by atoms with van der Waals surface area (Å²) in [5, 5.41) is 0.207. The molecule has 0 atom stereocenters. The first-order valence-corrected chi connectivity index (χ1v) is 10.2. The second-order valence-electron chi connectivity index (χ2n) is 6.42. The van der Waals surface area contributed by atoms with Gasteiger partial charge in [0.25, 0.3) is 0 Å². The third-order valence-corrected chi connectivity index (χ3v) is 5.43. The molecule has 0 saturated heterocycles. The molecule has 0 unspecified atom stereocenters. The summed E-state index contributed by atoms with van der Waals surface area (Å²) in [4.78, 5) is 29.8. The first-order valence-electron chi connectivity index (χ1n) is 9.37. The van der Waals surface area contributed by atoms with Gasteiger partial charge in [0.05, 0.1) is 31.4 Å². The second-order valence-corrected chi connectivity index (χ2v) is 7.51. The van der Waals surface area contributed by atoms with Gasteiger partial charge in [0, 0.05) is 18.2 Å². The van der Waals surface area contributed by atoms with Gasteiger partial charge in [-0.25, -0.2) is 18.2 Å². The molecule has 0 fully saturated rings. The Labute approximate surface area is 180 Å². The minimum Gasteiger partial charge on any atom is -0.497 e. The molecule has 0 spiro atoms. The van der Waals surface area contributed by atoms with Crippen LogP contribution in [0.5, 0.6) is 5.75 Å². The number of fused-ring (bicyclic) bond motifs is 1. The maximum atomic E-state index is 14.0. The summed E-state index contributed by atoms with van der Waals surface area (Å²) in [5.41, 5.74) is 0.0483. The van der Waals surface area contributed by atoms with Crippen LogP contribution in [0.4, 0.5) is 18.9 Å². The molecule has 3 rings (SSSR count). The molecule has 0 bridgehead atoms. The molecule has 6 nitrogen and oxygen atoms in total. The monoisotopic (exact) mass is 452 g/mol. The summed E-state index contributed by atoms with van der Waals surface area (Å²) >= 11 is 0.824. The lowest BCUT2D eigenvalue weighted by Crippen LogP contribution is -2.30. The van der Waals surface area contributed by atoms with Crippen LogP contribution < -0.4 is 9.64 Å². The van der Waals surface area contributed by atoms with Gasteiger partial charge < -0.3 is 14.4 Å². The molecule has 164 valence electrons. The smallest absolute Gasteiger partial charge is 0.306 e. The molecule has 0 aliphatic heterocycles. The number of benzene rings is 2. The van der Waals surface area contributed by atoms with E-state index in [1.807, 2.05) is 0 Å². The van der Waals surface area contributed by atoms with Crippen molar-refractivity contribution >= 4 is 39.1 Å². The predicted octanol–water partition coefficient (Wildman–Crippen LogP) is 4.60. The van der Waals surface area contributed by atoms with E-state index >= 15 is 0 Å². The van der Waals surface area contributed by atoms with Crippen LogP contribution in [0.3, 0.4) is 0 Å². The Morgan fingerprint density at radius 2 is 1.81 bits per heavy atom. The topological polar surface area (TPSA) is 68.7 Å². The fourth-order valence-corrected chi connectivity index (χ4v) is 3.85. The van der Waals surface area contributed by atoms with Gasteiger partial charge in [-0.2, -0.15) is 0 Å². The Morgan fingerprint density at radius 1 is 1.10 bits per heavy atom. The van der Waals surface area contributed by atoms with Crippen LogP contribution in [0.15, 0.2) is 30.3 Å². The van der Waals surface area contributed by atoms with E-state index < -0.39 is 34.8 Å². The van der Waals surface area contributed by atoms with Gasteiger partial charge in [-0.15, -0.1) is 11.3 Å². The molecule has 1 amide bonds. The van der Waals surface area contributed by atoms with E-state index in [9.17, 15) is 22.8 Å². The van der Waals surface area contributed by atoms with Gasteiger partial charge in [0.1, 0.15) is 22.1 Å². The number of ether oxygens (including phenoxy) is 2. The minimum atomic E-state index is -1.33. The maximum Gasteiger partial charge on any atom is 0.306 e. The lowest BCUT2D eigenvalue weighted by molar-refractivity contribution is -0.144. The van der Waals surface area contributed by atoms with E-state index in [4.69, 9.17) is 9.47 Å². The largest absolute Gasteiger partial charge is 0.497 e. The number of hydrogen-bond acceptors (Lipinski definition) is 6. The highest BCUT2D eigenvalue weighted by atomic mass is 32.1. The van der Waals surface area contributed by atoms with Crippen LogP contribution in [0.2, 0.25) is 0 Å². The number of nitrogens with zero attached hydrogens (tertiary/aromatic N) is 2. The van der Waals surface area contributed by atoms with E-state index in [1.165, 1.54) is 12.0 Å². The number of hydrogen-bond donors (Lipinski definition) is 0. The van der Waals surface area contributed by atoms with Gasteiger partial charge in [0.15, 0.2) is 11.6 Å². The normalized spacial score (nSPS) is 10.9. The SMILES string of the molecule is CCOC(=O)CCC(=O)N(Cc1nc2c(F)c(F)cc(F)c2s1)c1ccc(OC)cc1. The molecule has 0 radical (unpaired) electrons. The summed E-state index contributed by atoms with van der Waals surface area (Å²) < 4.78 is 51.4. The highest BCUT2D eigenvalue weighted by Gasteiger charge is 2.22. The highest BCUT2D eigenvalue weighted by molar-refractivity contribution is 7.18. The quantitative estimate of drug-likeness (QED) is 0.369. The van der Waals surface area contributed by atoms with Crippen molar-refractivity contribution in [3.8, 4) is 5.75 Å². The third kappa shape index (κ3) is 5.13. The van der Waals surface area contributed by atoms with Crippen LogP contribution in [0.25, 0.3) is 10.2 Å². The van der Waals surface area contributed by atoms with Crippen molar-refractivity contribution in [1.29, 1.82) is 0 Å². The van der Waals surface area contributed by atoms with Crippen LogP contribution in [0.1, 0.15) is 24.8 Å². The summed E-state index contributed by atoms with van der Waals surface area (Å²) in [6, 6.07) is 7.03. The molecule has 3 aromatic rings. The number of carbonyl (C=O) groups is 2. The number of carbonyl (C=O) groups excluding carboxylic acids is 2. The molecule has 1 heterocycles. The standard InChI is InChI=1S/C21H19F3N2O4S/c1-3-30-18(28)9-8-17(27)26(12-4-6-13(29-2)7-5-12)11-16-25-20-19(24)14(22)10-15(23)21(20)31-16/h4-7,10H,3,8-9,11H2,1-2H3. The first kappa shape index (κ1) is 22.5. The average Bonchev–Trinajstić information content (AvgIpc) is 3.19. The van der Waals surface area contributed by atoms with Crippen molar-refractivity contribution in [2.24, 2.45) is 0 Å². The van der Waals surface area contributed by atoms with Crippen molar-refractivity contribution in [1.82, 2.24) is 4.98 Å². The molecule has 0 aliphatic rings. The van der Waals surface area contributed by atoms with Gasteiger partial charge in [0.2, 0.25) is 5.91 Å². The lowest BCUT2D eigenvalue weighted by Gasteiger charge is -2.22. The average molecular weight is 452 g/mol. The van der Waals surface area contributed by atoms with Gasteiger partial charge in [-0.3, -0.25) is 9.59 Å². The molecule has 1 aromatic heterocycles. The molecular weight excluding hydrogens is 433 g/mol. The van der Waals surface area contributed by atoms with Crippen LogP contribution in [-0.4, -0.2) is 30.6 Å². The van der Waals surface area contributed by atoms with Gasteiger partial charge in [-0.05, 0) is 31.2 Å². The van der Waals surface area contributed by atoms with Crippen molar-refractivity contribution in [3.63, 3.8) is 0 Å². The molecular formula is C21H19F3N2O4S. The van der Waals surface area contributed by atoms with Crippen molar-refractivity contribution < 1.29 is 32.2 Å². The second kappa shape index (κ2) is 9.78. The maximum absolute atomic E-state index is 14.0. The van der Waals surface area contributed by atoms with Crippen LogP contribution in [-0.2, 0) is 20.9 Å². The molecule has 0 aliphatic carbocycles. The van der Waals surface area contributed by atoms with Crippen LogP contribution >= 0.6 is 11.3 Å². The number of anilines is 1. The first-order chi connectivity index (χ1) is 14.8. The Bertz CT molecular complexity index is 1100. The summed E-state index contributed by atoms with van der Waals surface area (Å²) in [5.74, 6) is -3.86. The number of esters is 1. The van der Waals surface area contributed by atoms with E-state index in [0.29, 0.717) is 17.5 Å². The van der Waals surface area contributed by atoms with Crippen LogP contribution in [0, 0.1) is 17.5 Å². The number of aromatic nitrogens is 1. The summed E-state index contributed by atoms with van der Waals surface area (Å²) in [6.07, 6.45) is -0.249. The van der Waals surface area contributed by atoms with Crippen molar-refractivity contribution in [2.75, 3.05) is 18.6 Å². The Kier molecular flexibility index (Phi) is 7.11. The van der Waals surface area contributed by atoms with Gasteiger partial charge >= 0.3 is 5.97 Å². The molecule has 0 saturated carbocycles. The van der Waals surface area contributed by atoms with E-state index in [-0.39, 0.29) is 35.7 Å². The number of halogens is 3. The zero-order chi connectivity index (χ0) is 22.5. The zero-order valence-corrected chi connectivity index (χ0v) is 17.6. The Hall–Kier alpha value is -3.14. The predicted molar refractivity (Wildman–Crippen MR) is 110 cm³/mol.